The number of hydrogen-bond acceptors (Lipinski definition) is 4. The van der Waals surface area contributed by atoms with Crippen LogP contribution in [-0.4, -0.2) is 42.6 Å². The topological polar surface area (TPSA) is 67.9 Å². The number of alkyl halides is 3. The monoisotopic (exact) mass is 420 g/mol. The van der Waals surface area contributed by atoms with E-state index in [9.17, 15) is 22.8 Å². The predicted molar refractivity (Wildman–Crippen MR) is 101 cm³/mol. The lowest BCUT2D eigenvalue weighted by atomic mass is 10.0. The Morgan fingerprint density at radius 2 is 1.87 bits per heavy atom. The van der Waals surface area contributed by atoms with Crippen LogP contribution in [0.1, 0.15) is 22.3 Å². The molecule has 1 N–H and O–H groups in total. The molecular weight excluding hydrogens is 401 g/mol. The van der Waals surface area contributed by atoms with Gasteiger partial charge in [0.2, 0.25) is 5.91 Å². The molecule has 2 aliphatic heterocycles. The van der Waals surface area contributed by atoms with Gasteiger partial charge in [0.25, 0.3) is 5.91 Å². The van der Waals surface area contributed by atoms with Crippen LogP contribution < -0.4 is 14.8 Å². The van der Waals surface area contributed by atoms with Gasteiger partial charge in [0, 0.05) is 12.6 Å². The molecule has 1 saturated heterocycles. The number of amides is 2. The van der Waals surface area contributed by atoms with Gasteiger partial charge in [-0.05, 0) is 18.1 Å². The molecule has 2 amide bonds. The maximum absolute atomic E-state index is 13.1. The van der Waals surface area contributed by atoms with Crippen molar-refractivity contribution in [2.45, 2.75) is 25.2 Å². The summed E-state index contributed by atoms with van der Waals surface area (Å²) in [7, 11) is 1.40. The Morgan fingerprint density at radius 1 is 1.13 bits per heavy atom. The summed E-state index contributed by atoms with van der Waals surface area (Å²) in [6, 6.07) is 11.1. The second-order valence-electron chi connectivity index (χ2n) is 7.26. The number of anilines is 1. The van der Waals surface area contributed by atoms with Crippen molar-refractivity contribution in [3.8, 4) is 11.5 Å². The summed E-state index contributed by atoms with van der Waals surface area (Å²) in [6.45, 7) is -0.311. The zero-order chi connectivity index (χ0) is 21.5. The first-order chi connectivity index (χ1) is 14.3. The molecule has 2 atom stereocenters. The molecule has 6 nitrogen and oxygen atoms in total. The van der Waals surface area contributed by atoms with E-state index in [-0.39, 0.29) is 23.6 Å². The summed E-state index contributed by atoms with van der Waals surface area (Å²) in [5.41, 5.74) is 1.16. The van der Waals surface area contributed by atoms with Crippen LogP contribution in [0.4, 0.5) is 18.9 Å². The predicted octanol–water partition coefficient (Wildman–Crippen LogP) is 3.62. The third-order valence-electron chi connectivity index (χ3n) is 5.36. The molecular formula is C21H19F3N2O4. The molecule has 0 bridgehead atoms. The number of carbonyl (C=O) groups is 2. The lowest BCUT2D eigenvalue weighted by Crippen LogP contribution is -2.40. The van der Waals surface area contributed by atoms with Gasteiger partial charge in [-0.3, -0.25) is 9.59 Å². The minimum absolute atomic E-state index is 0.0672. The average molecular weight is 420 g/mol. The van der Waals surface area contributed by atoms with Gasteiger partial charge in [-0.25, -0.2) is 0 Å². The Balaban J connectivity index is 1.64. The standard InChI is InChI=1S/C21H19F3N2O4/c1-29-17-8-14-15(9-18(17)30-11-12-5-3-2-4-6-12)25-19(27)16-7-13(21(22,23)24)10-26(16)20(14)28/h2-6,8-9,13,16H,7,10-11H2,1H3,(H,25,27)/t13-,16+/m1/s1. The van der Waals surface area contributed by atoms with Crippen molar-refractivity contribution in [3.05, 3.63) is 53.6 Å². The molecule has 0 unspecified atom stereocenters. The summed E-state index contributed by atoms with van der Waals surface area (Å²) in [5.74, 6) is -2.46. The van der Waals surface area contributed by atoms with Crippen molar-refractivity contribution in [3.63, 3.8) is 0 Å². The first kappa shape index (κ1) is 20.1. The van der Waals surface area contributed by atoms with E-state index in [1.165, 1.54) is 19.2 Å². The Morgan fingerprint density at radius 3 is 2.53 bits per heavy atom. The van der Waals surface area contributed by atoms with E-state index in [4.69, 9.17) is 9.47 Å². The number of benzene rings is 2. The van der Waals surface area contributed by atoms with Crippen molar-refractivity contribution in [1.82, 2.24) is 4.90 Å². The van der Waals surface area contributed by atoms with E-state index in [1.54, 1.807) is 0 Å². The van der Waals surface area contributed by atoms with Crippen molar-refractivity contribution >= 4 is 17.5 Å². The van der Waals surface area contributed by atoms with Gasteiger partial charge in [-0.2, -0.15) is 13.2 Å². The number of ether oxygens (including phenoxy) is 2. The number of rotatable bonds is 4. The van der Waals surface area contributed by atoms with Crippen LogP contribution in [0.3, 0.4) is 0 Å². The van der Waals surface area contributed by atoms with Crippen LogP contribution in [0.5, 0.6) is 11.5 Å². The normalized spacial score (nSPS) is 20.9. The van der Waals surface area contributed by atoms with Gasteiger partial charge in [0.15, 0.2) is 11.5 Å². The molecule has 2 aromatic rings. The fourth-order valence-corrected chi connectivity index (χ4v) is 3.76. The first-order valence-corrected chi connectivity index (χ1v) is 9.35. The van der Waals surface area contributed by atoms with E-state index < -0.39 is 42.9 Å². The number of nitrogens with zero attached hydrogens (tertiary/aromatic N) is 1. The zero-order valence-corrected chi connectivity index (χ0v) is 16.0. The largest absolute Gasteiger partial charge is 0.493 e. The lowest BCUT2D eigenvalue weighted by Gasteiger charge is -2.20. The summed E-state index contributed by atoms with van der Waals surface area (Å²) in [4.78, 5) is 26.5. The van der Waals surface area contributed by atoms with Crippen LogP contribution in [-0.2, 0) is 11.4 Å². The number of halogens is 3. The Hall–Kier alpha value is -3.23. The molecule has 0 aromatic heterocycles. The fourth-order valence-electron chi connectivity index (χ4n) is 3.76. The summed E-state index contributed by atoms with van der Waals surface area (Å²) in [5, 5.41) is 2.58. The van der Waals surface area contributed by atoms with Crippen molar-refractivity contribution in [1.29, 1.82) is 0 Å². The number of methoxy groups -OCH3 is 1. The lowest BCUT2D eigenvalue weighted by molar-refractivity contribution is -0.170. The van der Waals surface area contributed by atoms with Gasteiger partial charge >= 0.3 is 6.18 Å². The van der Waals surface area contributed by atoms with Crippen molar-refractivity contribution in [2.24, 2.45) is 5.92 Å². The van der Waals surface area contributed by atoms with E-state index in [1.807, 2.05) is 30.3 Å². The van der Waals surface area contributed by atoms with Gasteiger partial charge in [0.05, 0.1) is 24.3 Å². The molecule has 30 heavy (non-hydrogen) atoms. The van der Waals surface area contributed by atoms with Crippen LogP contribution >= 0.6 is 0 Å². The summed E-state index contributed by atoms with van der Waals surface area (Å²) >= 11 is 0. The molecule has 0 aliphatic carbocycles. The number of fused-ring (bicyclic) bond motifs is 2. The first-order valence-electron chi connectivity index (χ1n) is 9.35. The minimum atomic E-state index is -4.47. The van der Waals surface area contributed by atoms with Crippen molar-refractivity contribution < 1.29 is 32.2 Å². The average Bonchev–Trinajstić information content (AvgIpc) is 3.15. The second-order valence-corrected chi connectivity index (χ2v) is 7.26. The number of hydrogen-bond donors (Lipinski definition) is 1. The van der Waals surface area contributed by atoms with Crippen LogP contribution in [0.2, 0.25) is 0 Å². The Labute approximate surface area is 170 Å². The summed E-state index contributed by atoms with van der Waals surface area (Å²) < 4.78 is 50.5. The highest BCUT2D eigenvalue weighted by molar-refractivity contribution is 6.10. The van der Waals surface area contributed by atoms with E-state index in [0.717, 1.165) is 10.5 Å². The highest BCUT2D eigenvalue weighted by Crippen LogP contribution is 2.41. The highest BCUT2D eigenvalue weighted by Gasteiger charge is 2.52. The molecule has 0 saturated carbocycles. The fraction of sp³-hybridized carbons (Fsp3) is 0.333. The third-order valence-corrected chi connectivity index (χ3v) is 5.36. The van der Waals surface area contributed by atoms with Gasteiger partial charge < -0.3 is 19.7 Å². The quantitative estimate of drug-likeness (QED) is 0.821. The Bertz CT molecular complexity index is 978. The third kappa shape index (κ3) is 3.67. The molecule has 2 aliphatic rings. The van der Waals surface area contributed by atoms with Crippen LogP contribution in [0, 0.1) is 5.92 Å². The molecule has 2 heterocycles. The molecule has 9 heteroatoms. The summed E-state index contributed by atoms with van der Waals surface area (Å²) in [6.07, 6.45) is -4.92. The molecule has 0 spiro atoms. The van der Waals surface area contributed by atoms with E-state index in [2.05, 4.69) is 5.32 Å². The van der Waals surface area contributed by atoms with E-state index in [0.29, 0.717) is 5.75 Å². The van der Waals surface area contributed by atoms with Gasteiger partial charge in [0.1, 0.15) is 12.6 Å². The molecule has 158 valence electrons. The maximum Gasteiger partial charge on any atom is 0.393 e. The Kier molecular flexibility index (Phi) is 5.05. The van der Waals surface area contributed by atoms with Crippen LogP contribution in [0.25, 0.3) is 0 Å². The van der Waals surface area contributed by atoms with Crippen LogP contribution in [0.15, 0.2) is 42.5 Å². The molecule has 2 aromatic carbocycles. The second kappa shape index (κ2) is 7.55. The molecule has 4 rings (SSSR count). The minimum Gasteiger partial charge on any atom is -0.493 e. The zero-order valence-electron chi connectivity index (χ0n) is 16.0. The van der Waals surface area contributed by atoms with E-state index >= 15 is 0 Å². The molecule has 1 fully saturated rings. The van der Waals surface area contributed by atoms with Gasteiger partial charge in [-0.15, -0.1) is 0 Å². The highest BCUT2D eigenvalue weighted by atomic mass is 19.4. The van der Waals surface area contributed by atoms with Crippen molar-refractivity contribution in [2.75, 3.05) is 19.0 Å². The van der Waals surface area contributed by atoms with Gasteiger partial charge in [-0.1, -0.05) is 30.3 Å². The SMILES string of the molecule is COc1cc2c(cc1OCc1ccccc1)NC(=O)[C@@H]1C[C@@H](C(F)(F)F)CN1C2=O. The molecule has 0 radical (unpaired) electrons. The number of carbonyl (C=O) groups excluding carboxylic acids is 2. The number of nitrogens with one attached hydrogen (secondary N) is 1. The maximum atomic E-state index is 13.1. The smallest absolute Gasteiger partial charge is 0.393 e.